The third-order valence-corrected chi connectivity index (χ3v) is 4.17. The Morgan fingerprint density at radius 3 is 2.85 bits per heavy atom. The van der Waals surface area contributed by atoms with Crippen LogP contribution in [0.15, 0.2) is 0 Å². The lowest BCUT2D eigenvalue weighted by Gasteiger charge is -2.16. The number of rotatable bonds is 5. The van der Waals surface area contributed by atoms with Crippen molar-refractivity contribution in [1.82, 2.24) is 20.4 Å². The van der Waals surface area contributed by atoms with Gasteiger partial charge in [0.05, 0.1) is 5.69 Å². The molecule has 1 aliphatic heterocycles. The van der Waals surface area contributed by atoms with E-state index in [4.69, 9.17) is 0 Å². The summed E-state index contributed by atoms with van der Waals surface area (Å²) in [6, 6.07) is 0.509. The largest absolute Gasteiger partial charge is 0.353 e. The second-order valence-electron chi connectivity index (χ2n) is 5.94. The van der Waals surface area contributed by atoms with Crippen molar-refractivity contribution in [2.45, 2.75) is 58.5 Å². The Morgan fingerprint density at radius 2 is 2.30 bits per heavy atom. The summed E-state index contributed by atoms with van der Waals surface area (Å²) in [5.74, 6) is 0.149. The molecule has 5 heteroatoms. The molecule has 1 aromatic heterocycles. The fraction of sp³-hybridized carbons (Fsp3) is 0.733. The maximum atomic E-state index is 12.0. The molecule has 1 aliphatic rings. The zero-order chi connectivity index (χ0) is 14.7. The predicted molar refractivity (Wildman–Crippen MR) is 79.6 cm³/mol. The zero-order valence-electron chi connectivity index (χ0n) is 13.0. The summed E-state index contributed by atoms with van der Waals surface area (Å²) < 4.78 is 1.90. The highest BCUT2D eigenvalue weighted by molar-refractivity contribution is 5.76. The monoisotopic (exact) mass is 278 g/mol. The second kappa shape index (κ2) is 6.39. The summed E-state index contributed by atoms with van der Waals surface area (Å²) in [5, 5.41) is 10.9. The van der Waals surface area contributed by atoms with Gasteiger partial charge in [0, 0.05) is 31.2 Å². The van der Waals surface area contributed by atoms with Gasteiger partial charge in [0.15, 0.2) is 0 Å². The molecule has 0 saturated carbocycles. The Morgan fingerprint density at radius 1 is 1.55 bits per heavy atom. The molecule has 5 nitrogen and oxygen atoms in total. The summed E-state index contributed by atoms with van der Waals surface area (Å²) in [6.45, 7) is 7.21. The highest BCUT2D eigenvalue weighted by Gasteiger charge is 2.19. The van der Waals surface area contributed by atoms with Gasteiger partial charge in [-0.05, 0) is 52.1 Å². The second-order valence-corrected chi connectivity index (χ2v) is 5.94. The quantitative estimate of drug-likeness (QED) is 0.851. The van der Waals surface area contributed by atoms with Crippen LogP contribution in [0.2, 0.25) is 0 Å². The fourth-order valence-electron chi connectivity index (χ4n) is 2.96. The number of carbonyl (C=O) groups excluding carboxylic acids is 1. The molecule has 2 unspecified atom stereocenters. The number of hydrogen-bond acceptors (Lipinski definition) is 3. The lowest BCUT2D eigenvalue weighted by molar-refractivity contribution is -0.122. The first-order valence-corrected chi connectivity index (χ1v) is 7.49. The number of nitrogens with zero attached hydrogens (tertiary/aromatic N) is 2. The van der Waals surface area contributed by atoms with Gasteiger partial charge >= 0.3 is 0 Å². The molecule has 1 fully saturated rings. The molecule has 2 N–H and O–H groups in total. The van der Waals surface area contributed by atoms with Gasteiger partial charge in [-0.15, -0.1) is 0 Å². The van der Waals surface area contributed by atoms with Crippen LogP contribution in [0.3, 0.4) is 0 Å². The molecule has 2 rings (SSSR count). The van der Waals surface area contributed by atoms with Crippen molar-refractivity contribution < 1.29 is 4.79 Å². The molecular formula is C15H26N4O. The van der Waals surface area contributed by atoms with Crippen molar-refractivity contribution in [2.75, 3.05) is 6.54 Å². The molecule has 2 atom stereocenters. The molecule has 0 aliphatic carbocycles. The van der Waals surface area contributed by atoms with Gasteiger partial charge in [-0.25, -0.2) is 0 Å². The van der Waals surface area contributed by atoms with Crippen LogP contribution in [-0.4, -0.2) is 34.3 Å². The lowest BCUT2D eigenvalue weighted by atomic mass is 10.0. The highest BCUT2D eigenvalue weighted by atomic mass is 16.1. The first-order chi connectivity index (χ1) is 9.47. The fourth-order valence-corrected chi connectivity index (χ4v) is 2.96. The van der Waals surface area contributed by atoms with E-state index in [0.29, 0.717) is 12.5 Å². The van der Waals surface area contributed by atoms with Crippen molar-refractivity contribution in [1.29, 1.82) is 0 Å². The molecule has 112 valence electrons. The van der Waals surface area contributed by atoms with E-state index in [0.717, 1.165) is 25.1 Å². The van der Waals surface area contributed by atoms with Crippen LogP contribution in [0, 0.1) is 13.8 Å². The Bertz CT molecular complexity index is 474. The SMILES string of the molecule is Cc1nn(C)c(C)c1CC(C)NC(=O)CC1CCCN1. The molecule has 0 aromatic carbocycles. The van der Waals surface area contributed by atoms with E-state index in [2.05, 4.69) is 29.6 Å². The van der Waals surface area contributed by atoms with Crippen molar-refractivity contribution >= 4 is 5.91 Å². The number of carbonyl (C=O) groups is 1. The molecule has 1 amide bonds. The van der Waals surface area contributed by atoms with E-state index in [1.54, 1.807) is 0 Å². The lowest BCUT2D eigenvalue weighted by Crippen LogP contribution is -2.38. The summed E-state index contributed by atoms with van der Waals surface area (Å²) in [7, 11) is 1.96. The smallest absolute Gasteiger partial charge is 0.221 e. The maximum absolute atomic E-state index is 12.0. The summed E-state index contributed by atoms with van der Waals surface area (Å²) >= 11 is 0. The van der Waals surface area contributed by atoms with Gasteiger partial charge in [0.2, 0.25) is 5.91 Å². The third kappa shape index (κ3) is 3.60. The first kappa shape index (κ1) is 15.0. The van der Waals surface area contributed by atoms with Gasteiger partial charge in [0.1, 0.15) is 0 Å². The predicted octanol–water partition coefficient (Wildman–Crippen LogP) is 1.23. The molecule has 20 heavy (non-hydrogen) atoms. The minimum atomic E-state index is 0.144. The Balaban J connectivity index is 1.85. The molecule has 2 heterocycles. The van der Waals surface area contributed by atoms with Crippen LogP contribution in [0.5, 0.6) is 0 Å². The average Bonchev–Trinajstić information content (AvgIpc) is 2.94. The van der Waals surface area contributed by atoms with Crippen LogP contribution >= 0.6 is 0 Å². The number of aryl methyl sites for hydroxylation is 2. The van der Waals surface area contributed by atoms with E-state index in [1.165, 1.54) is 17.7 Å². The molecule has 0 radical (unpaired) electrons. The van der Waals surface area contributed by atoms with Crippen molar-refractivity contribution in [3.63, 3.8) is 0 Å². The zero-order valence-corrected chi connectivity index (χ0v) is 13.0. The summed E-state index contributed by atoms with van der Waals surface area (Å²) in [6.07, 6.45) is 3.73. The summed E-state index contributed by atoms with van der Waals surface area (Å²) in [5.41, 5.74) is 3.49. The van der Waals surface area contributed by atoms with Crippen LogP contribution < -0.4 is 10.6 Å². The Kier molecular flexibility index (Phi) is 4.81. The number of aromatic nitrogens is 2. The van der Waals surface area contributed by atoms with E-state index in [9.17, 15) is 4.79 Å². The number of nitrogens with one attached hydrogen (secondary N) is 2. The van der Waals surface area contributed by atoms with Gasteiger partial charge < -0.3 is 10.6 Å². The molecule has 1 saturated heterocycles. The first-order valence-electron chi connectivity index (χ1n) is 7.49. The van der Waals surface area contributed by atoms with Gasteiger partial charge in [-0.1, -0.05) is 0 Å². The standard InChI is InChI=1S/C15H26N4O/c1-10(8-14-11(2)18-19(4)12(14)3)17-15(20)9-13-6-5-7-16-13/h10,13,16H,5-9H2,1-4H3,(H,17,20). The third-order valence-electron chi connectivity index (χ3n) is 4.17. The average molecular weight is 278 g/mol. The number of hydrogen-bond donors (Lipinski definition) is 2. The molecule has 0 spiro atoms. The van der Waals surface area contributed by atoms with Crippen molar-refractivity contribution in [2.24, 2.45) is 7.05 Å². The van der Waals surface area contributed by atoms with E-state index in [-0.39, 0.29) is 11.9 Å². The molecule has 0 bridgehead atoms. The van der Waals surface area contributed by atoms with E-state index >= 15 is 0 Å². The van der Waals surface area contributed by atoms with E-state index in [1.807, 2.05) is 18.7 Å². The number of amides is 1. The minimum absolute atomic E-state index is 0.144. The normalized spacial score (nSPS) is 20.1. The molecular weight excluding hydrogens is 252 g/mol. The van der Waals surface area contributed by atoms with Crippen LogP contribution in [0.25, 0.3) is 0 Å². The highest BCUT2D eigenvalue weighted by Crippen LogP contribution is 2.14. The Labute approximate surface area is 121 Å². The Hall–Kier alpha value is -1.36. The van der Waals surface area contributed by atoms with Crippen LogP contribution in [0.1, 0.15) is 43.1 Å². The van der Waals surface area contributed by atoms with Crippen molar-refractivity contribution in [3.05, 3.63) is 17.0 Å². The summed E-state index contributed by atoms with van der Waals surface area (Å²) in [4.78, 5) is 12.0. The van der Waals surface area contributed by atoms with Crippen molar-refractivity contribution in [3.8, 4) is 0 Å². The maximum Gasteiger partial charge on any atom is 0.221 e. The van der Waals surface area contributed by atoms with Gasteiger partial charge in [-0.3, -0.25) is 9.48 Å². The van der Waals surface area contributed by atoms with Gasteiger partial charge in [0.25, 0.3) is 0 Å². The van der Waals surface area contributed by atoms with Gasteiger partial charge in [-0.2, -0.15) is 5.10 Å². The van der Waals surface area contributed by atoms with Crippen LogP contribution in [-0.2, 0) is 18.3 Å². The van der Waals surface area contributed by atoms with E-state index < -0.39 is 0 Å². The van der Waals surface area contributed by atoms with Crippen LogP contribution in [0.4, 0.5) is 0 Å². The molecule has 1 aromatic rings. The topological polar surface area (TPSA) is 59.0 Å². The minimum Gasteiger partial charge on any atom is -0.353 e.